The number of benzene rings is 1. The number of anilines is 1. The molecule has 18 heavy (non-hydrogen) atoms. The molecule has 0 radical (unpaired) electrons. The summed E-state index contributed by atoms with van der Waals surface area (Å²) < 4.78 is 13.2. The summed E-state index contributed by atoms with van der Waals surface area (Å²) in [5.41, 5.74) is 0.230. The molecule has 4 nitrogen and oxygen atoms in total. The van der Waals surface area contributed by atoms with E-state index in [1.807, 2.05) is 0 Å². The lowest BCUT2D eigenvalue weighted by molar-refractivity contribution is -0.384. The molecule has 0 spiro atoms. The minimum absolute atomic E-state index is 0.0605. The number of halogens is 1. The van der Waals surface area contributed by atoms with Crippen LogP contribution >= 0.6 is 0 Å². The van der Waals surface area contributed by atoms with E-state index in [2.05, 4.69) is 12.2 Å². The van der Waals surface area contributed by atoms with Crippen LogP contribution in [0, 0.1) is 21.8 Å². The van der Waals surface area contributed by atoms with Gasteiger partial charge in [0.2, 0.25) is 0 Å². The Balaban J connectivity index is 2.16. The Labute approximate surface area is 105 Å². The molecule has 0 amide bonds. The van der Waals surface area contributed by atoms with Crippen molar-refractivity contribution in [3.63, 3.8) is 0 Å². The summed E-state index contributed by atoms with van der Waals surface area (Å²) in [6.45, 7) is 2.17. The molecule has 98 valence electrons. The van der Waals surface area contributed by atoms with E-state index in [1.54, 1.807) is 0 Å². The van der Waals surface area contributed by atoms with Gasteiger partial charge in [0.15, 0.2) is 0 Å². The third-order valence-electron chi connectivity index (χ3n) is 3.45. The molecule has 1 N–H and O–H groups in total. The van der Waals surface area contributed by atoms with Crippen molar-refractivity contribution in [2.24, 2.45) is 5.92 Å². The molecule has 0 bridgehead atoms. The Bertz CT molecular complexity index is 451. The van der Waals surface area contributed by atoms with Crippen LogP contribution in [0.15, 0.2) is 18.2 Å². The summed E-state index contributed by atoms with van der Waals surface area (Å²) in [5, 5.41) is 14.0. The van der Waals surface area contributed by atoms with E-state index in [0.29, 0.717) is 11.6 Å². The predicted octanol–water partition coefficient (Wildman–Crippen LogP) is 3.72. The first-order valence-corrected chi connectivity index (χ1v) is 6.26. The molecule has 1 aromatic rings. The van der Waals surface area contributed by atoms with E-state index < -0.39 is 10.7 Å². The SMILES string of the molecule is CC1CCCC(Nc2cc(F)ccc2[N+](=O)[O-])C1. The van der Waals surface area contributed by atoms with Gasteiger partial charge in [-0.2, -0.15) is 0 Å². The summed E-state index contributed by atoms with van der Waals surface area (Å²) in [6, 6.07) is 3.74. The molecule has 1 aliphatic carbocycles. The third-order valence-corrected chi connectivity index (χ3v) is 3.45. The summed E-state index contributed by atoms with van der Waals surface area (Å²) in [4.78, 5) is 10.4. The van der Waals surface area contributed by atoms with Gasteiger partial charge in [0.1, 0.15) is 11.5 Å². The van der Waals surface area contributed by atoms with Crippen LogP contribution in [0.4, 0.5) is 15.8 Å². The van der Waals surface area contributed by atoms with Crippen molar-refractivity contribution in [1.29, 1.82) is 0 Å². The second-order valence-electron chi connectivity index (χ2n) is 5.03. The van der Waals surface area contributed by atoms with Crippen molar-refractivity contribution in [3.8, 4) is 0 Å². The first kappa shape index (κ1) is 12.8. The Morgan fingerprint density at radius 2 is 2.22 bits per heavy atom. The van der Waals surface area contributed by atoms with Gasteiger partial charge in [-0.1, -0.05) is 19.8 Å². The number of nitrogens with zero attached hydrogens (tertiary/aromatic N) is 1. The normalized spacial score (nSPS) is 23.7. The molecule has 0 aliphatic heterocycles. The molecule has 1 saturated carbocycles. The third kappa shape index (κ3) is 2.97. The highest BCUT2D eigenvalue weighted by atomic mass is 19.1. The van der Waals surface area contributed by atoms with Crippen LogP contribution in [0.25, 0.3) is 0 Å². The van der Waals surface area contributed by atoms with Gasteiger partial charge in [-0.25, -0.2) is 4.39 Å². The molecule has 0 aromatic heterocycles. The maximum Gasteiger partial charge on any atom is 0.292 e. The molecule has 1 aliphatic rings. The molecule has 2 unspecified atom stereocenters. The molecule has 2 rings (SSSR count). The maximum absolute atomic E-state index is 13.2. The number of nitro benzene ring substituents is 1. The summed E-state index contributed by atoms with van der Waals surface area (Å²) in [7, 11) is 0. The van der Waals surface area contributed by atoms with E-state index in [4.69, 9.17) is 0 Å². The largest absolute Gasteiger partial charge is 0.377 e. The van der Waals surface area contributed by atoms with Gasteiger partial charge in [0.25, 0.3) is 5.69 Å². The second kappa shape index (κ2) is 5.33. The number of nitro groups is 1. The summed E-state index contributed by atoms with van der Waals surface area (Å²) in [6.07, 6.45) is 4.27. The van der Waals surface area contributed by atoms with Gasteiger partial charge in [-0.15, -0.1) is 0 Å². The second-order valence-corrected chi connectivity index (χ2v) is 5.03. The molecule has 5 heteroatoms. The van der Waals surface area contributed by atoms with Gasteiger partial charge in [0, 0.05) is 18.2 Å². The van der Waals surface area contributed by atoms with Crippen LogP contribution in [0.2, 0.25) is 0 Å². The highest BCUT2D eigenvalue weighted by Crippen LogP contribution is 2.30. The molecule has 0 saturated heterocycles. The zero-order valence-corrected chi connectivity index (χ0v) is 10.4. The van der Waals surface area contributed by atoms with E-state index in [9.17, 15) is 14.5 Å². The van der Waals surface area contributed by atoms with Gasteiger partial charge < -0.3 is 5.32 Å². The smallest absolute Gasteiger partial charge is 0.292 e. The number of nitrogens with one attached hydrogen (secondary N) is 1. The minimum Gasteiger partial charge on any atom is -0.377 e. The standard InChI is InChI=1S/C13H17FN2O2/c1-9-3-2-4-11(7-9)15-12-8-10(14)5-6-13(12)16(17)18/h5-6,8-9,11,15H,2-4,7H2,1H3. The zero-order valence-electron chi connectivity index (χ0n) is 10.4. The quantitative estimate of drug-likeness (QED) is 0.658. The van der Waals surface area contributed by atoms with Gasteiger partial charge >= 0.3 is 0 Å². The van der Waals surface area contributed by atoms with Crippen LogP contribution in [0.1, 0.15) is 32.6 Å². The highest BCUT2D eigenvalue weighted by molar-refractivity contribution is 5.61. The minimum atomic E-state index is -0.478. The van der Waals surface area contributed by atoms with Gasteiger partial charge in [-0.05, 0) is 24.8 Å². The Morgan fingerprint density at radius 3 is 2.89 bits per heavy atom. The lowest BCUT2D eigenvalue weighted by Crippen LogP contribution is -2.26. The Kier molecular flexibility index (Phi) is 3.79. The highest BCUT2D eigenvalue weighted by Gasteiger charge is 2.22. The number of rotatable bonds is 3. The van der Waals surface area contributed by atoms with Crippen molar-refractivity contribution in [1.82, 2.24) is 0 Å². The van der Waals surface area contributed by atoms with Gasteiger partial charge in [-0.3, -0.25) is 10.1 Å². The van der Waals surface area contributed by atoms with Gasteiger partial charge in [0.05, 0.1) is 4.92 Å². The number of hydrogen-bond donors (Lipinski definition) is 1. The van der Waals surface area contributed by atoms with Crippen LogP contribution in [0.3, 0.4) is 0 Å². The fourth-order valence-corrected chi connectivity index (χ4v) is 2.57. The average molecular weight is 252 g/mol. The Morgan fingerprint density at radius 1 is 1.44 bits per heavy atom. The van der Waals surface area contributed by atoms with E-state index in [-0.39, 0.29) is 11.7 Å². The molecular formula is C13H17FN2O2. The zero-order chi connectivity index (χ0) is 13.1. The van der Waals surface area contributed by atoms with Crippen LogP contribution in [0.5, 0.6) is 0 Å². The van der Waals surface area contributed by atoms with E-state index in [1.165, 1.54) is 18.6 Å². The molecule has 0 heterocycles. The lowest BCUT2D eigenvalue weighted by Gasteiger charge is -2.28. The van der Waals surface area contributed by atoms with Crippen molar-refractivity contribution in [3.05, 3.63) is 34.1 Å². The van der Waals surface area contributed by atoms with E-state index in [0.717, 1.165) is 25.3 Å². The molecule has 2 atom stereocenters. The average Bonchev–Trinajstić information content (AvgIpc) is 2.28. The van der Waals surface area contributed by atoms with Crippen LogP contribution in [-0.2, 0) is 0 Å². The topological polar surface area (TPSA) is 55.2 Å². The predicted molar refractivity (Wildman–Crippen MR) is 68.1 cm³/mol. The molecule has 1 aromatic carbocycles. The number of hydrogen-bond acceptors (Lipinski definition) is 3. The first-order valence-electron chi connectivity index (χ1n) is 6.26. The van der Waals surface area contributed by atoms with Crippen LogP contribution in [-0.4, -0.2) is 11.0 Å². The van der Waals surface area contributed by atoms with Crippen molar-refractivity contribution in [2.75, 3.05) is 5.32 Å². The molecular weight excluding hydrogens is 235 g/mol. The summed E-state index contributed by atoms with van der Waals surface area (Å²) in [5.74, 6) is 0.163. The summed E-state index contributed by atoms with van der Waals surface area (Å²) >= 11 is 0. The van der Waals surface area contributed by atoms with Crippen molar-refractivity contribution >= 4 is 11.4 Å². The maximum atomic E-state index is 13.2. The molecule has 1 fully saturated rings. The Hall–Kier alpha value is -1.65. The lowest BCUT2D eigenvalue weighted by atomic mass is 9.87. The fraction of sp³-hybridized carbons (Fsp3) is 0.538. The fourth-order valence-electron chi connectivity index (χ4n) is 2.57. The van der Waals surface area contributed by atoms with Crippen LogP contribution < -0.4 is 5.32 Å². The van der Waals surface area contributed by atoms with Crippen molar-refractivity contribution < 1.29 is 9.31 Å². The first-order chi connectivity index (χ1) is 8.56. The van der Waals surface area contributed by atoms with Crippen molar-refractivity contribution in [2.45, 2.75) is 38.6 Å². The monoisotopic (exact) mass is 252 g/mol. The van der Waals surface area contributed by atoms with E-state index >= 15 is 0 Å².